The molecule has 2 aromatic carbocycles. The highest BCUT2D eigenvalue weighted by atomic mass is 16.3. The van der Waals surface area contributed by atoms with E-state index in [-0.39, 0.29) is 22.6 Å². The first-order valence-corrected chi connectivity index (χ1v) is 3.97. The zero-order valence-corrected chi connectivity index (χ0v) is 7.10. The van der Waals surface area contributed by atoms with Gasteiger partial charge in [0.05, 0.1) is 5.39 Å². The van der Waals surface area contributed by atoms with Crippen molar-refractivity contribution in [1.29, 1.82) is 0 Å². The smallest absolute Gasteiger partial charge is 0.169 e. The monoisotopic (exact) mass is 192 g/mol. The summed E-state index contributed by atoms with van der Waals surface area (Å²) in [6.45, 7) is 0. The van der Waals surface area contributed by atoms with Crippen LogP contribution in [0.5, 0.6) is 23.0 Å². The molecule has 0 bridgehead atoms. The van der Waals surface area contributed by atoms with Gasteiger partial charge in [-0.3, -0.25) is 0 Å². The van der Waals surface area contributed by atoms with Crippen molar-refractivity contribution in [2.45, 2.75) is 0 Å². The molecule has 0 unspecified atom stereocenters. The van der Waals surface area contributed by atoms with Gasteiger partial charge in [-0.2, -0.15) is 0 Å². The highest BCUT2D eigenvalue weighted by molar-refractivity contribution is 5.98. The van der Waals surface area contributed by atoms with Gasteiger partial charge in [-0.1, -0.05) is 0 Å². The lowest BCUT2D eigenvalue weighted by Crippen LogP contribution is -1.77. The van der Waals surface area contributed by atoms with E-state index in [0.29, 0.717) is 5.39 Å². The van der Waals surface area contributed by atoms with E-state index in [2.05, 4.69) is 0 Å². The number of benzene rings is 2. The van der Waals surface area contributed by atoms with Gasteiger partial charge in [0.15, 0.2) is 11.5 Å². The van der Waals surface area contributed by atoms with E-state index < -0.39 is 5.75 Å². The molecule has 0 aliphatic heterocycles. The molecule has 2 aromatic rings. The molecule has 14 heavy (non-hydrogen) atoms. The van der Waals surface area contributed by atoms with Crippen LogP contribution in [0.15, 0.2) is 24.3 Å². The molecular formula is C10H8O4. The molecule has 72 valence electrons. The normalized spacial score (nSPS) is 10.6. The molecule has 0 aromatic heterocycles. The first kappa shape index (κ1) is 8.50. The molecule has 0 amide bonds. The number of hydrogen-bond acceptors (Lipinski definition) is 4. The van der Waals surface area contributed by atoms with Gasteiger partial charge in [0, 0.05) is 5.39 Å². The summed E-state index contributed by atoms with van der Waals surface area (Å²) in [4.78, 5) is 0. The van der Waals surface area contributed by atoms with Gasteiger partial charge in [0.25, 0.3) is 0 Å². The standard InChI is InChI=1S/C10H8O4/c11-6-3-4-7(12)9-5(6)1-2-8(13)10(9)14/h1-4,11-14H. The lowest BCUT2D eigenvalue weighted by atomic mass is 10.1. The highest BCUT2D eigenvalue weighted by Gasteiger charge is 2.11. The first-order chi connectivity index (χ1) is 6.61. The second-order valence-electron chi connectivity index (χ2n) is 2.96. The maximum Gasteiger partial charge on any atom is 0.169 e. The summed E-state index contributed by atoms with van der Waals surface area (Å²) in [6, 6.07) is 5.22. The van der Waals surface area contributed by atoms with Crippen molar-refractivity contribution < 1.29 is 20.4 Å². The second-order valence-corrected chi connectivity index (χ2v) is 2.96. The van der Waals surface area contributed by atoms with Crippen LogP contribution in [0.4, 0.5) is 0 Å². The van der Waals surface area contributed by atoms with Crippen molar-refractivity contribution >= 4 is 10.8 Å². The fraction of sp³-hybridized carbons (Fsp3) is 0. The molecule has 4 heteroatoms. The summed E-state index contributed by atoms with van der Waals surface area (Å²) in [7, 11) is 0. The maximum atomic E-state index is 9.44. The van der Waals surface area contributed by atoms with E-state index >= 15 is 0 Å². The van der Waals surface area contributed by atoms with Gasteiger partial charge >= 0.3 is 0 Å². The highest BCUT2D eigenvalue weighted by Crippen LogP contribution is 2.41. The summed E-state index contributed by atoms with van der Waals surface area (Å²) >= 11 is 0. The third kappa shape index (κ3) is 1.01. The van der Waals surface area contributed by atoms with Crippen LogP contribution in [0.2, 0.25) is 0 Å². The first-order valence-electron chi connectivity index (χ1n) is 3.97. The number of fused-ring (bicyclic) bond motifs is 1. The van der Waals surface area contributed by atoms with Gasteiger partial charge in [0.1, 0.15) is 11.5 Å². The predicted octanol–water partition coefficient (Wildman–Crippen LogP) is 1.66. The molecule has 4 nitrogen and oxygen atoms in total. The molecule has 0 aliphatic carbocycles. The summed E-state index contributed by atoms with van der Waals surface area (Å²) in [6.07, 6.45) is 0. The van der Waals surface area contributed by atoms with Crippen LogP contribution in [0.25, 0.3) is 10.8 Å². The summed E-state index contributed by atoms with van der Waals surface area (Å²) in [5.41, 5.74) is 0. The van der Waals surface area contributed by atoms with Crippen LogP contribution in [0, 0.1) is 0 Å². The van der Waals surface area contributed by atoms with Crippen LogP contribution in [0.1, 0.15) is 0 Å². The average molecular weight is 192 g/mol. The molecule has 0 fully saturated rings. The number of phenolic OH excluding ortho intramolecular Hbond substituents is 4. The zero-order valence-electron chi connectivity index (χ0n) is 7.10. The maximum absolute atomic E-state index is 9.44. The Balaban J connectivity index is 3.01. The Hall–Kier alpha value is -2.10. The Morgan fingerprint density at radius 2 is 1.21 bits per heavy atom. The largest absolute Gasteiger partial charge is 0.507 e. The Morgan fingerprint density at radius 1 is 0.643 bits per heavy atom. The minimum atomic E-state index is -0.434. The van der Waals surface area contributed by atoms with Gasteiger partial charge in [-0.05, 0) is 24.3 Å². The summed E-state index contributed by atoms with van der Waals surface area (Å²) < 4.78 is 0. The fourth-order valence-corrected chi connectivity index (χ4v) is 1.38. The van der Waals surface area contributed by atoms with Crippen molar-refractivity contribution in [1.82, 2.24) is 0 Å². The number of aromatic hydroxyl groups is 4. The minimum Gasteiger partial charge on any atom is -0.507 e. The van der Waals surface area contributed by atoms with Gasteiger partial charge in [0.2, 0.25) is 0 Å². The van der Waals surface area contributed by atoms with Crippen molar-refractivity contribution in [2.24, 2.45) is 0 Å². The van der Waals surface area contributed by atoms with Gasteiger partial charge in [-0.15, -0.1) is 0 Å². The number of hydrogen-bond donors (Lipinski definition) is 4. The van der Waals surface area contributed by atoms with Crippen LogP contribution in [-0.4, -0.2) is 20.4 Å². The summed E-state index contributed by atoms with van der Waals surface area (Å²) in [5.74, 6) is -1.02. The zero-order chi connectivity index (χ0) is 10.3. The molecule has 0 heterocycles. The quantitative estimate of drug-likeness (QED) is 0.378. The van der Waals surface area contributed by atoms with Crippen LogP contribution < -0.4 is 0 Å². The Bertz CT molecular complexity index is 505. The molecule has 0 aliphatic rings. The van der Waals surface area contributed by atoms with Crippen LogP contribution >= 0.6 is 0 Å². The van der Waals surface area contributed by atoms with Gasteiger partial charge < -0.3 is 20.4 Å². The van der Waals surface area contributed by atoms with E-state index in [4.69, 9.17) is 0 Å². The average Bonchev–Trinajstić information content (AvgIpc) is 2.16. The molecule has 0 saturated carbocycles. The number of rotatable bonds is 0. The van der Waals surface area contributed by atoms with Crippen LogP contribution in [-0.2, 0) is 0 Å². The van der Waals surface area contributed by atoms with E-state index in [1.807, 2.05) is 0 Å². The Labute approximate surface area is 79.3 Å². The molecule has 4 N–H and O–H groups in total. The SMILES string of the molecule is Oc1ccc2c(O)ccc(O)c2c1O. The van der Waals surface area contributed by atoms with E-state index in [1.54, 1.807) is 0 Å². The third-order valence-electron chi connectivity index (χ3n) is 2.09. The van der Waals surface area contributed by atoms with Gasteiger partial charge in [-0.25, -0.2) is 0 Å². The van der Waals surface area contributed by atoms with E-state index in [1.165, 1.54) is 24.3 Å². The Kier molecular flexibility index (Phi) is 1.64. The predicted molar refractivity (Wildman–Crippen MR) is 50.6 cm³/mol. The van der Waals surface area contributed by atoms with Crippen molar-refractivity contribution in [3.05, 3.63) is 24.3 Å². The topological polar surface area (TPSA) is 80.9 Å². The lowest BCUT2D eigenvalue weighted by Gasteiger charge is -2.06. The minimum absolute atomic E-state index is 0.0463. The molecule has 0 atom stereocenters. The molecule has 0 radical (unpaired) electrons. The molecule has 0 saturated heterocycles. The third-order valence-corrected chi connectivity index (χ3v) is 2.09. The van der Waals surface area contributed by atoms with Crippen molar-refractivity contribution in [3.63, 3.8) is 0 Å². The van der Waals surface area contributed by atoms with E-state index in [0.717, 1.165) is 0 Å². The van der Waals surface area contributed by atoms with E-state index in [9.17, 15) is 20.4 Å². The summed E-state index contributed by atoms with van der Waals surface area (Å²) in [5, 5.41) is 37.8. The fourth-order valence-electron chi connectivity index (χ4n) is 1.38. The molecular weight excluding hydrogens is 184 g/mol. The molecule has 0 spiro atoms. The second kappa shape index (κ2) is 2.70. The number of phenols is 4. The van der Waals surface area contributed by atoms with Crippen molar-refractivity contribution in [2.75, 3.05) is 0 Å². The Morgan fingerprint density at radius 3 is 1.93 bits per heavy atom. The van der Waals surface area contributed by atoms with Crippen LogP contribution in [0.3, 0.4) is 0 Å². The van der Waals surface area contributed by atoms with Crippen molar-refractivity contribution in [3.8, 4) is 23.0 Å². The molecule has 2 rings (SSSR count). The lowest BCUT2D eigenvalue weighted by molar-refractivity contribution is 0.405.